The summed E-state index contributed by atoms with van der Waals surface area (Å²) in [4.78, 5) is 13.2. The number of ketones is 1. The van der Waals surface area contributed by atoms with Crippen molar-refractivity contribution in [1.29, 1.82) is 0 Å². The lowest BCUT2D eigenvalue weighted by Crippen LogP contribution is -2.42. The number of methoxy groups -OCH3 is 1. The highest BCUT2D eigenvalue weighted by Gasteiger charge is 2.34. The third kappa shape index (κ3) is 3.66. The van der Waals surface area contributed by atoms with Gasteiger partial charge in [-0.2, -0.15) is 4.31 Å². The number of ether oxygens (including phenoxy) is 1. The van der Waals surface area contributed by atoms with Gasteiger partial charge in [-0.25, -0.2) is 8.42 Å². The Morgan fingerprint density at radius 1 is 1.12 bits per heavy atom. The molecule has 0 amide bonds. The number of hydrogen-bond donors (Lipinski definition) is 0. The fourth-order valence-corrected chi connectivity index (χ4v) is 4.83. The SMILES string of the molecule is COc1ccccc1C(=O)[C@@H]1CCCN(S(=O)(=O)c2ccc(C)cc2)C1. The summed E-state index contributed by atoms with van der Waals surface area (Å²) < 4.78 is 32.5. The maximum Gasteiger partial charge on any atom is 0.243 e. The van der Waals surface area contributed by atoms with Gasteiger partial charge in [0.15, 0.2) is 5.78 Å². The smallest absolute Gasteiger partial charge is 0.243 e. The van der Waals surface area contributed by atoms with Crippen LogP contribution in [0.5, 0.6) is 5.75 Å². The molecule has 1 fully saturated rings. The summed E-state index contributed by atoms with van der Waals surface area (Å²) in [6.07, 6.45) is 1.34. The van der Waals surface area contributed by atoms with Gasteiger partial charge in [-0.1, -0.05) is 29.8 Å². The zero-order valence-corrected chi connectivity index (χ0v) is 15.8. The highest BCUT2D eigenvalue weighted by atomic mass is 32.2. The Bertz CT molecular complexity index is 890. The molecule has 0 spiro atoms. The zero-order valence-electron chi connectivity index (χ0n) is 15.0. The van der Waals surface area contributed by atoms with Crippen molar-refractivity contribution in [2.45, 2.75) is 24.7 Å². The first-order valence-corrected chi connectivity index (χ1v) is 10.1. The van der Waals surface area contributed by atoms with Crippen LogP contribution in [0, 0.1) is 12.8 Å². The number of aryl methyl sites for hydroxylation is 1. The Balaban J connectivity index is 1.83. The number of Topliss-reactive ketones (excluding diaryl/α,β-unsaturated/α-hetero) is 1. The standard InChI is InChI=1S/C20H23NO4S/c1-15-9-11-17(12-10-15)26(23,24)21-13-5-6-16(14-21)20(22)18-7-3-4-8-19(18)25-2/h3-4,7-12,16H,5-6,13-14H2,1-2H3/t16-/m1/s1. The molecule has 2 aromatic carbocycles. The molecular weight excluding hydrogens is 350 g/mol. The Hall–Kier alpha value is -2.18. The van der Waals surface area contributed by atoms with Gasteiger partial charge < -0.3 is 4.74 Å². The normalized spacial score (nSPS) is 18.5. The minimum absolute atomic E-state index is 0.0637. The van der Waals surface area contributed by atoms with E-state index < -0.39 is 10.0 Å². The molecule has 0 aliphatic carbocycles. The van der Waals surface area contributed by atoms with Gasteiger partial charge in [-0.05, 0) is 44.0 Å². The molecule has 2 aromatic rings. The molecule has 1 atom stereocenters. The van der Waals surface area contributed by atoms with E-state index in [2.05, 4.69) is 0 Å². The quantitative estimate of drug-likeness (QED) is 0.755. The summed E-state index contributed by atoms with van der Waals surface area (Å²) in [5, 5.41) is 0. The van der Waals surface area contributed by atoms with Crippen LogP contribution in [0.4, 0.5) is 0 Å². The first-order chi connectivity index (χ1) is 12.4. The van der Waals surface area contributed by atoms with Crippen LogP contribution in [-0.2, 0) is 10.0 Å². The van der Waals surface area contributed by atoms with E-state index in [0.717, 1.165) is 5.56 Å². The number of sulfonamides is 1. The molecule has 1 aliphatic rings. The maximum atomic E-state index is 12.9. The highest BCUT2D eigenvalue weighted by molar-refractivity contribution is 7.89. The van der Waals surface area contributed by atoms with Crippen LogP contribution in [0.15, 0.2) is 53.4 Å². The molecule has 0 N–H and O–H groups in total. The summed E-state index contributed by atoms with van der Waals surface area (Å²) in [5.41, 5.74) is 1.52. The fourth-order valence-electron chi connectivity index (χ4n) is 3.30. The van der Waals surface area contributed by atoms with Gasteiger partial charge >= 0.3 is 0 Å². The molecule has 1 heterocycles. The monoisotopic (exact) mass is 373 g/mol. The molecule has 0 bridgehead atoms. The number of piperidine rings is 1. The molecule has 0 unspecified atom stereocenters. The van der Waals surface area contributed by atoms with Crippen molar-refractivity contribution >= 4 is 15.8 Å². The van der Waals surface area contributed by atoms with Gasteiger partial charge in [0.25, 0.3) is 0 Å². The van der Waals surface area contributed by atoms with Crippen LogP contribution in [0.25, 0.3) is 0 Å². The summed E-state index contributed by atoms with van der Waals surface area (Å²) in [5.74, 6) is 0.0996. The van der Waals surface area contributed by atoms with Crippen LogP contribution >= 0.6 is 0 Å². The lowest BCUT2D eigenvalue weighted by atomic mass is 9.90. The molecule has 138 valence electrons. The van der Waals surface area contributed by atoms with Crippen molar-refractivity contribution in [3.8, 4) is 5.75 Å². The number of nitrogens with zero attached hydrogens (tertiary/aromatic N) is 1. The predicted octanol–water partition coefficient (Wildman–Crippen LogP) is 3.29. The summed E-state index contributed by atoms with van der Waals surface area (Å²) >= 11 is 0. The average molecular weight is 373 g/mol. The lowest BCUT2D eigenvalue weighted by molar-refractivity contribution is 0.0869. The summed E-state index contributed by atoms with van der Waals surface area (Å²) in [7, 11) is -2.06. The first-order valence-electron chi connectivity index (χ1n) is 8.67. The van der Waals surface area contributed by atoms with E-state index in [0.29, 0.717) is 30.7 Å². The van der Waals surface area contributed by atoms with Crippen molar-refractivity contribution in [1.82, 2.24) is 4.31 Å². The van der Waals surface area contributed by atoms with Gasteiger partial charge in [0.05, 0.1) is 17.6 Å². The fraction of sp³-hybridized carbons (Fsp3) is 0.350. The average Bonchev–Trinajstić information content (AvgIpc) is 2.68. The van der Waals surface area contributed by atoms with Crippen LogP contribution in [0.3, 0.4) is 0 Å². The van der Waals surface area contributed by atoms with Gasteiger partial charge in [-0.3, -0.25) is 4.79 Å². The van der Waals surface area contributed by atoms with Crippen molar-refractivity contribution < 1.29 is 17.9 Å². The number of para-hydroxylation sites is 1. The van der Waals surface area contributed by atoms with E-state index in [4.69, 9.17) is 4.74 Å². The number of hydrogen-bond acceptors (Lipinski definition) is 4. The molecule has 5 nitrogen and oxygen atoms in total. The van der Waals surface area contributed by atoms with Gasteiger partial charge in [-0.15, -0.1) is 0 Å². The topological polar surface area (TPSA) is 63.7 Å². The molecule has 6 heteroatoms. The van der Waals surface area contributed by atoms with Crippen molar-refractivity contribution in [3.63, 3.8) is 0 Å². The number of carbonyl (C=O) groups excluding carboxylic acids is 1. The lowest BCUT2D eigenvalue weighted by Gasteiger charge is -2.31. The first kappa shape index (κ1) is 18.6. The van der Waals surface area contributed by atoms with Gasteiger partial charge in [0.1, 0.15) is 5.75 Å². The molecule has 26 heavy (non-hydrogen) atoms. The van der Waals surface area contributed by atoms with Crippen molar-refractivity contribution in [2.24, 2.45) is 5.92 Å². The van der Waals surface area contributed by atoms with Crippen molar-refractivity contribution in [3.05, 3.63) is 59.7 Å². The zero-order chi connectivity index (χ0) is 18.7. The second kappa shape index (κ2) is 7.60. The number of carbonyl (C=O) groups is 1. The third-order valence-corrected chi connectivity index (χ3v) is 6.67. The third-order valence-electron chi connectivity index (χ3n) is 4.79. The highest BCUT2D eigenvalue weighted by Crippen LogP contribution is 2.29. The minimum atomic E-state index is -3.59. The molecule has 1 aliphatic heterocycles. The second-order valence-corrected chi connectivity index (χ2v) is 8.52. The van der Waals surface area contributed by atoms with Gasteiger partial charge in [0.2, 0.25) is 10.0 Å². The van der Waals surface area contributed by atoms with Crippen LogP contribution in [-0.4, -0.2) is 38.7 Å². The Morgan fingerprint density at radius 2 is 1.81 bits per heavy atom. The largest absolute Gasteiger partial charge is 0.496 e. The Morgan fingerprint density at radius 3 is 2.50 bits per heavy atom. The molecule has 1 saturated heterocycles. The molecule has 0 saturated carbocycles. The van der Waals surface area contributed by atoms with Crippen LogP contribution < -0.4 is 4.74 Å². The molecule has 0 aromatic heterocycles. The van der Waals surface area contributed by atoms with Crippen molar-refractivity contribution in [2.75, 3.05) is 20.2 Å². The molecule has 3 rings (SSSR count). The molecule has 0 radical (unpaired) electrons. The second-order valence-electron chi connectivity index (χ2n) is 6.58. The number of benzene rings is 2. The predicted molar refractivity (Wildman–Crippen MR) is 100.0 cm³/mol. The van der Waals surface area contributed by atoms with Crippen LogP contribution in [0.2, 0.25) is 0 Å². The van der Waals surface area contributed by atoms with E-state index in [-0.39, 0.29) is 23.1 Å². The Labute approximate surface area is 154 Å². The van der Waals surface area contributed by atoms with E-state index in [1.165, 1.54) is 11.4 Å². The van der Waals surface area contributed by atoms with E-state index in [1.807, 2.05) is 13.0 Å². The van der Waals surface area contributed by atoms with E-state index in [9.17, 15) is 13.2 Å². The maximum absolute atomic E-state index is 12.9. The Kier molecular flexibility index (Phi) is 5.44. The molecular formula is C20H23NO4S. The van der Waals surface area contributed by atoms with E-state index >= 15 is 0 Å². The van der Waals surface area contributed by atoms with Crippen LogP contribution in [0.1, 0.15) is 28.8 Å². The van der Waals surface area contributed by atoms with Gasteiger partial charge in [0, 0.05) is 19.0 Å². The van der Waals surface area contributed by atoms with E-state index in [1.54, 1.807) is 42.5 Å². The summed E-state index contributed by atoms with van der Waals surface area (Å²) in [6, 6.07) is 13.9. The minimum Gasteiger partial charge on any atom is -0.496 e. The number of rotatable bonds is 5. The summed E-state index contributed by atoms with van der Waals surface area (Å²) in [6.45, 7) is 2.55.